The van der Waals surface area contributed by atoms with Crippen LogP contribution in [0.1, 0.15) is 18.7 Å². The predicted octanol–water partition coefficient (Wildman–Crippen LogP) is 1.53. The maximum Gasteiger partial charge on any atom is 0.246 e. The predicted molar refractivity (Wildman–Crippen MR) is 90.4 cm³/mol. The third kappa shape index (κ3) is 3.92. The van der Waals surface area contributed by atoms with Gasteiger partial charge in [-0.2, -0.15) is 4.98 Å². The summed E-state index contributed by atoms with van der Waals surface area (Å²) in [6.07, 6.45) is 1.27. The van der Waals surface area contributed by atoms with Gasteiger partial charge in [-0.05, 0) is 12.8 Å². The molecule has 24 heavy (non-hydrogen) atoms. The zero-order valence-corrected chi connectivity index (χ0v) is 14.1. The largest absolute Gasteiger partial charge is 0.381 e. The molecule has 130 valence electrons. The summed E-state index contributed by atoms with van der Waals surface area (Å²) in [5.41, 5.74) is 6.14. The van der Waals surface area contributed by atoms with Crippen LogP contribution >= 0.6 is 12.4 Å². The molecular formula is C16H21ClN4O3. The van der Waals surface area contributed by atoms with Gasteiger partial charge in [-0.25, -0.2) is 0 Å². The van der Waals surface area contributed by atoms with E-state index in [1.807, 2.05) is 30.3 Å². The van der Waals surface area contributed by atoms with Crippen LogP contribution in [0.5, 0.6) is 0 Å². The van der Waals surface area contributed by atoms with Gasteiger partial charge in [0, 0.05) is 25.3 Å². The molecule has 0 spiro atoms. The SMILES string of the molecule is Cl.NCC1(C(=O)NCc2nc(-c3ccccc3)no2)CCOCC1. The second-order valence-electron chi connectivity index (χ2n) is 5.66. The summed E-state index contributed by atoms with van der Waals surface area (Å²) in [5, 5.41) is 6.79. The Bertz CT molecular complexity index is 656. The van der Waals surface area contributed by atoms with E-state index >= 15 is 0 Å². The van der Waals surface area contributed by atoms with Crippen LogP contribution in [0, 0.1) is 5.41 Å². The van der Waals surface area contributed by atoms with Crippen molar-refractivity contribution in [2.45, 2.75) is 19.4 Å². The average molecular weight is 353 g/mol. The minimum Gasteiger partial charge on any atom is -0.381 e. The molecule has 1 aliphatic heterocycles. The molecule has 2 aromatic rings. The lowest BCUT2D eigenvalue weighted by Gasteiger charge is -2.34. The number of nitrogens with zero attached hydrogens (tertiary/aromatic N) is 2. The summed E-state index contributed by atoms with van der Waals surface area (Å²) in [6.45, 7) is 1.62. The van der Waals surface area contributed by atoms with Gasteiger partial charge in [0.1, 0.15) is 0 Å². The van der Waals surface area contributed by atoms with Crippen molar-refractivity contribution in [3.05, 3.63) is 36.2 Å². The van der Waals surface area contributed by atoms with Crippen LogP contribution < -0.4 is 11.1 Å². The summed E-state index contributed by atoms with van der Waals surface area (Å²) < 4.78 is 10.5. The van der Waals surface area contributed by atoms with E-state index in [4.69, 9.17) is 15.0 Å². The van der Waals surface area contributed by atoms with Crippen molar-refractivity contribution in [2.75, 3.05) is 19.8 Å². The van der Waals surface area contributed by atoms with Gasteiger partial charge in [0.15, 0.2) is 0 Å². The van der Waals surface area contributed by atoms with Gasteiger partial charge >= 0.3 is 0 Å². The Labute approximate surface area is 146 Å². The van der Waals surface area contributed by atoms with Crippen LogP contribution in [0.25, 0.3) is 11.4 Å². The number of nitrogens with one attached hydrogen (secondary N) is 1. The molecule has 1 aromatic heterocycles. The molecule has 1 amide bonds. The van der Waals surface area contributed by atoms with E-state index in [0.29, 0.717) is 44.3 Å². The van der Waals surface area contributed by atoms with Gasteiger partial charge in [-0.15, -0.1) is 12.4 Å². The molecule has 0 bridgehead atoms. The normalized spacial score (nSPS) is 16.2. The van der Waals surface area contributed by atoms with Crippen molar-refractivity contribution in [1.82, 2.24) is 15.5 Å². The van der Waals surface area contributed by atoms with Crippen LogP contribution in [-0.2, 0) is 16.1 Å². The fourth-order valence-electron chi connectivity index (χ4n) is 2.66. The Morgan fingerprint density at radius 2 is 1.96 bits per heavy atom. The number of ether oxygens (including phenoxy) is 1. The fourth-order valence-corrected chi connectivity index (χ4v) is 2.66. The maximum atomic E-state index is 12.5. The standard InChI is InChI=1S/C16H20N4O3.ClH/c17-11-16(6-8-22-9-7-16)15(21)18-10-13-19-14(20-23-13)12-4-2-1-3-5-12;/h1-5H,6-11,17H2,(H,18,21);1H. The van der Waals surface area contributed by atoms with Crippen molar-refractivity contribution in [1.29, 1.82) is 0 Å². The first-order valence-corrected chi connectivity index (χ1v) is 7.68. The molecule has 1 saturated heterocycles. The number of nitrogens with two attached hydrogens (primary N) is 1. The second kappa shape index (κ2) is 8.23. The first-order chi connectivity index (χ1) is 11.2. The molecule has 0 saturated carbocycles. The number of hydrogen-bond donors (Lipinski definition) is 2. The molecule has 0 radical (unpaired) electrons. The molecule has 0 aliphatic carbocycles. The lowest BCUT2D eigenvalue weighted by Crippen LogP contribution is -2.49. The average Bonchev–Trinajstić information content (AvgIpc) is 3.10. The van der Waals surface area contributed by atoms with E-state index in [-0.39, 0.29) is 24.9 Å². The van der Waals surface area contributed by atoms with Crippen LogP contribution in [-0.4, -0.2) is 35.8 Å². The van der Waals surface area contributed by atoms with Crippen LogP contribution in [0.3, 0.4) is 0 Å². The molecule has 7 nitrogen and oxygen atoms in total. The Balaban J connectivity index is 0.00000208. The number of hydrogen-bond acceptors (Lipinski definition) is 6. The fraction of sp³-hybridized carbons (Fsp3) is 0.438. The summed E-state index contributed by atoms with van der Waals surface area (Å²) in [5.74, 6) is 0.800. The minimum atomic E-state index is -0.555. The lowest BCUT2D eigenvalue weighted by atomic mass is 9.79. The molecule has 0 unspecified atom stereocenters. The highest BCUT2D eigenvalue weighted by Gasteiger charge is 2.38. The Hall–Kier alpha value is -1.96. The summed E-state index contributed by atoms with van der Waals surface area (Å²) in [6, 6.07) is 9.54. The number of carbonyl (C=O) groups is 1. The third-order valence-electron chi connectivity index (χ3n) is 4.22. The number of aromatic nitrogens is 2. The van der Waals surface area contributed by atoms with E-state index < -0.39 is 5.41 Å². The van der Waals surface area contributed by atoms with Gasteiger partial charge in [0.2, 0.25) is 17.6 Å². The molecule has 1 aromatic carbocycles. The quantitative estimate of drug-likeness (QED) is 0.845. The number of carbonyl (C=O) groups excluding carboxylic acids is 1. The Morgan fingerprint density at radius 3 is 2.62 bits per heavy atom. The van der Waals surface area contributed by atoms with Crippen molar-refractivity contribution >= 4 is 18.3 Å². The van der Waals surface area contributed by atoms with E-state index in [1.165, 1.54) is 0 Å². The summed E-state index contributed by atoms with van der Waals surface area (Å²) in [7, 11) is 0. The van der Waals surface area contributed by atoms with Crippen molar-refractivity contribution in [3.63, 3.8) is 0 Å². The second-order valence-corrected chi connectivity index (χ2v) is 5.66. The lowest BCUT2D eigenvalue weighted by molar-refractivity contribution is -0.136. The van der Waals surface area contributed by atoms with E-state index in [2.05, 4.69) is 15.5 Å². The highest BCUT2D eigenvalue weighted by molar-refractivity contribution is 5.85. The van der Waals surface area contributed by atoms with Crippen LogP contribution in [0.15, 0.2) is 34.9 Å². The van der Waals surface area contributed by atoms with Crippen LogP contribution in [0.2, 0.25) is 0 Å². The molecule has 8 heteroatoms. The summed E-state index contributed by atoms with van der Waals surface area (Å²) in [4.78, 5) is 16.8. The molecular weight excluding hydrogens is 332 g/mol. The van der Waals surface area contributed by atoms with E-state index in [9.17, 15) is 4.79 Å². The Morgan fingerprint density at radius 1 is 1.25 bits per heavy atom. The third-order valence-corrected chi connectivity index (χ3v) is 4.22. The summed E-state index contributed by atoms with van der Waals surface area (Å²) >= 11 is 0. The number of halogens is 1. The molecule has 0 atom stereocenters. The van der Waals surface area contributed by atoms with Crippen molar-refractivity contribution in [2.24, 2.45) is 11.1 Å². The van der Waals surface area contributed by atoms with Gasteiger partial charge in [0.25, 0.3) is 0 Å². The zero-order chi connectivity index (χ0) is 16.1. The smallest absolute Gasteiger partial charge is 0.246 e. The monoisotopic (exact) mass is 352 g/mol. The minimum absolute atomic E-state index is 0. The highest BCUT2D eigenvalue weighted by atomic mass is 35.5. The molecule has 2 heterocycles. The maximum absolute atomic E-state index is 12.5. The first kappa shape index (κ1) is 18.4. The Kier molecular flexibility index (Phi) is 6.30. The number of benzene rings is 1. The van der Waals surface area contributed by atoms with E-state index in [0.717, 1.165) is 5.56 Å². The highest BCUT2D eigenvalue weighted by Crippen LogP contribution is 2.29. The molecule has 3 N–H and O–H groups in total. The van der Waals surface area contributed by atoms with Gasteiger partial charge < -0.3 is 20.3 Å². The molecule has 1 aliphatic rings. The van der Waals surface area contributed by atoms with Crippen molar-refractivity contribution in [3.8, 4) is 11.4 Å². The molecule has 3 rings (SSSR count). The number of amides is 1. The number of rotatable bonds is 5. The van der Waals surface area contributed by atoms with Crippen molar-refractivity contribution < 1.29 is 14.1 Å². The van der Waals surface area contributed by atoms with Gasteiger partial charge in [-0.3, -0.25) is 4.79 Å². The van der Waals surface area contributed by atoms with E-state index in [1.54, 1.807) is 0 Å². The molecule has 1 fully saturated rings. The first-order valence-electron chi connectivity index (χ1n) is 7.68. The van der Waals surface area contributed by atoms with Gasteiger partial charge in [-0.1, -0.05) is 35.5 Å². The van der Waals surface area contributed by atoms with Crippen LogP contribution in [0.4, 0.5) is 0 Å². The zero-order valence-electron chi connectivity index (χ0n) is 13.2. The van der Waals surface area contributed by atoms with Gasteiger partial charge in [0.05, 0.1) is 12.0 Å². The topological polar surface area (TPSA) is 103 Å².